The fraction of sp³-hybridized carbons (Fsp3) is 0.364. The van der Waals surface area contributed by atoms with E-state index in [1.807, 2.05) is 0 Å². The van der Waals surface area contributed by atoms with Crippen LogP contribution in [0.15, 0.2) is 24.3 Å². The third-order valence-corrected chi connectivity index (χ3v) is 2.28. The molecule has 0 bridgehead atoms. The molecule has 5 heteroatoms. The zero-order valence-corrected chi connectivity index (χ0v) is 9.31. The number of carboxylic acid groups (broad SMARTS) is 1. The minimum atomic E-state index is -1.09. The van der Waals surface area contributed by atoms with Crippen molar-refractivity contribution in [2.24, 2.45) is 5.73 Å². The van der Waals surface area contributed by atoms with Crippen LogP contribution < -0.4 is 15.8 Å². The average Bonchev–Trinajstić information content (AvgIpc) is 2.25. The molecule has 0 spiro atoms. The van der Waals surface area contributed by atoms with Crippen molar-refractivity contribution >= 4 is 6.09 Å². The van der Waals surface area contributed by atoms with Gasteiger partial charge in [-0.25, -0.2) is 4.79 Å². The largest absolute Gasteiger partial charge is 0.497 e. The van der Waals surface area contributed by atoms with E-state index >= 15 is 0 Å². The van der Waals surface area contributed by atoms with Crippen molar-refractivity contribution in [3.8, 4) is 5.75 Å². The number of hydrogen-bond donors (Lipinski definition) is 3. The van der Waals surface area contributed by atoms with Crippen LogP contribution in [0.25, 0.3) is 0 Å². The molecule has 0 saturated carbocycles. The van der Waals surface area contributed by atoms with Gasteiger partial charge in [0.1, 0.15) is 5.75 Å². The minimum Gasteiger partial charge on any atom is -0.497 e. The standard InChI is InChI=1S/C11H16N2O3/c1-7(12)10(13-11(14)15)8-3-5-9(16-2)6-4-8/h3-7,10,13H,12H2,1-2H3,(H,14,15)/t7-,10-/m1/s1. The summed E-state index contributed by atoms with van der Waals surface area (Å²) in [6.07, 6.45) is -1.09. The number of nitrogens with one attached hydrogen (secondary N) is 1. The predicted molar refractivity (Wildman–Crippen MR) is 60.5 cm³/mol. The lowest BCUT2D eigenvalue weighted by atomic mass is 10.0. The summed E-state index contributed by atoms with van der Waals surface area (Å²) in [6, 6.07) is 6.42. The Morgan fingerprint density at radius 3 is 2.38 bits per heavy atom. The van der Waals surface area contributed by atoms with Gasteiger partial charge in [-0.3, -0.25) is 0 Å². The molecule has 0 saturated heterocycles. The summed E-state index contributed by atoms with van der Waals surface area (Å²) in [7, 11) is 1.58. The van der Waals surface area contributed by atoms with Gasteiger partial charge >= 0.3 is 6.09 Å². The van der Waals surface area contributed by atoms with E-state index in [4.69, 9.17) is 15.6 Å². The van der Waals surface area contributed by atoms with Crippen LogP contribution in [-0.4, -0.2) is 24.4 Å². The van der Waals surface area contributed by atoms with E-state index in [-0.39, 0.29) is 6.04 Å². The van der Waals surface area contributed by atoms with Crippen molar-refractivity contribution in [1.82, 2.24) is 5.32 Å². The van der Waals surface area contributed by atoms with E-state index in [0.29, 0.717) is 0 Å². The fourth-order valence-electron chi connectivity index (χ4n) is 1.46. The molecular formula is C11H16N2O3. The molecule has 0 fully saturated rings. The van der Waals surface area contributed by atoms with Crippen LogP contribution in [0, 0.1) is 0 Å². The molecule has 0 aliphatic rings. The molecule has 88 valence electrons. The molecule has 1 aromatic rings. The lowest BCUT2D eigenvalue weighted by Gasteiger charge is -2.21. The first-order chi connectivity index (χ1) is 7.54. The van der Waals surface area contributed by atoms with Crippen LogP contribution in [0.5, 0.6) is 5.75 Å². The van der Waals surface area contributed by atoms with E-state index in [0.717, 1.165) is 11.3 Å². The number of ether oxygens (including phenoxy) is 1. The predicted octanol–water partition coefficient (Wildman–Crippen LogP) is 1.35. The number of amides is 1. The molecular weight excluding hydrogens is 208 g/mol. The smallest absolute Gasteiger partial charge is 0.405 e. The van der Waals surface area contributed by atoms with Gasteiger partial charge in [0.25, 0.3) is 0 Å². The molecule has 4 N–H and O–H groups in total. The number of nitrogens with two attached hydrogens (primary N) is 1. The summed E-state index contributed by atoms with van der Waals surface area (Å²) in [6.45, 7) is 1.75. The van der Waals surface area contributed by atoms with E-state index in [2.05, 4.69) is 5.32 Å². The molecule has 0 radical (unpaired) electrons. The second-order valence-corrected chi connectivity index (χ2v) is 3.56. The highest BCUT2D eigenvalue weighted by molar-refractivity contribution is 5.65. The topological polar surface area (TPSA) is 84.6 Å². The first kappa shape index (κ1) is 12.3. The van der Waals surface area contributed by atoms with E-state index in [9.17, 15) is 4.79 Å². The summed E-state index contributed by atoms with van der Waals surface area (Å²) in [5.74, 6) is 0.725. The van der Waals surface area contributed by atoms with Crippen molar-refractivity contribution in [1.29, 1.82) is 0 Å². The number of carbonyl (C=O) groups is 1. The quantitative estimate of drug-likeness (QED) is 0.720. The van der Waals surface area contributed by atoms with Crippen molar-refractivity contribution in [2.75, 3.05) is 7.11 Å². The van der Waals surface area contributed by atoms with Gasteiger partial charge in [0.05, 0.1) is 13.2 Å². The Balaban J connectivity index is 2.88. The molecule has 1 rings (SSSR count). The second kappa shape index (κ2) is 5.37. The Kier molecular flexibility index (Phi) is 4.13. The molecule has 1 amide bonds. The molecule has 0 heterocycles. The van der Waals surface area contributed by atoms with Gasteiger partial charge in [-0.05, 0) is 24.6 Å². The van der Waals surface area contributed by atoms with E-state index < -0.39 is 12.1 Å². The maximum absolute atomic E-state index is 10.6. The third kappa shape index (κ3) is 3.13. The van der Waals surface area contributed by atoms with Gasteiger partial charge in [-0.2, -0.15) is 0 Å². The molecule has 5 nitrogen and oxygen atoms in total. The summed E-state index contributed by atoms with van der Waals surface area (Å²) >= 11 is 0. The maximum atomic E-state index is 10.6. The number of benzene rings is 1. The summed E-state index contributed by atoms with van der Waals surface area (Å²) < 4.78 is 5.02. The summed E-state index contributed by atoms with van der Waals surface area (Å²) in [5.41, 5.74) is 6.55. The van der Waals surface area contributed by atoms with Crippen LogP contribution in [0.3, 0.4) is 0 Å². The Morgan fingerprint density at radius 1 is 1.44 bits per heavy atom. The molecule has 0 aliphatic heterocycles. The van der Waals surface area contributed by atoms with Crippen LogP contribution in [0.2, 0.25) is 0 Å². The van der Waals surface area contributed by atoms with E-state index in [1.54, 1.807) is 38.3 Å². The first-order valence-electron chi connectivity index (χ1n) is 4.93. The minimum absolute atomic E-state index is 0.301. The molecule has 1 aromatic carbocycles. The lowest BCUT2D eigenvalue weighted by molar-refractivity contribution is 0.188. The highest BCUT2D eigenvalue weighted by Gasteiger charge is 2.17. The van der Waals surface area contributed by atoms with Crippen LogP contribution in [0.4, 0.5) is 4.79 Å². The molecule has 0 aliphatic carbocycles. The van der Waals surface area contributed by atoms with Gasteiger partial charge in [-0.15, -0.1) is 0 Å². The monoisotopic (exact) mass is 224 g/mol. The van der Waals surface area contributed by atoms with Crippen LogP contribution in [0.1, 0.15) is 18.5 Å². The van der Waals surface area contributed by atoms with Crippen molar-refractivity contribution < 1.29 is 14.6 Å². The Morgan fingerprint density at radius 2 is 2.00 bits per heavy atom. The molecule has 0 aromatic heterocycles. The Hall–Kier alpha value is -1.75. The van der Waals surface area contributed by atoms with Crippen LogP contribution >= 0.6 is 0 Å². The zero-order valence-electron chi connectivity index (χ0n) is 9.31. The van der Waals surface area contributed by atoms with Gasteiger partial charge in [0, 0.05) is 6.04 Å². The summed E-state index contributed by atoms with van der Waals surface area (Å²) in [4.78, 5) is 10.6. The number of hydrogen-bond acceptors (Lipinski definition) is 3. The van der Waals surface area contributed by atoms with E-state index in [1.165, 1.54) is 0 Å². The van der Waals surface area contributed by atoms with Gasteiger partial charge in [-0.1, -0.05) is 12.1 Å². The second-order valence-electron chi connectivity index (χ2n) is 3.56. The van der Waals surface area contributed by atoms with Gasteiger partial charge in [0.15, 0.2) is 0 Å². The van der Waals surface area contributed by atoms with Crippen molar-refractivity contribution in [3.63, 3.8) is 0 Å². The van der Waals surface area contributed by atoms with Gasteiger partial charge in [0.2, 0.25) is 0 Å². The normalized spacial score (nSPS) is 13.9. The van der Waals surface area contributed by atoms with Gasteiger partial charge < -0.3 is 20.9 Å². The van der Waals surface area contributed by atoms with Crippen LogP contribution in [-0.2, 0) is 0 Å². The van der Waals surface area contributed by atoms with Crippen molar-refractivity contribution in [2.45, 2.75) is 19.0 Å². The summed E-state index contributed by atoms with van der Waals surface area (Å²) in [5, 5.41) is 11.1. The number of methoxy groups -OCH3 is 1. The lowest BCUT2D eigenvalue weighted by Crippen LogP contribution is -2.38. The third-order valence-electron chi connectivity index (χ3n) is 2.28. The Bertz CT molecular complexity index is 349. The zero-order chi connectivity index (χ0) is 12.1. The van der Waals surface area contributed by atoms with Crippen molar-refractivity contribution in [3.05, 3.63) is 29.8 Å². The molecule has 0 unspecified atom stereocenters. The first-order valence-corrected chi connectivity index (χ1v) is 4.93. The molecule has 2 atom stereocenters. The highest BCUT2D eigenvalue weighted by Crippen LogP contribution is 2.19. The SMILES string of the molecule is COc1ccc([C@H](NC(=O)O)[C@@H](C)N)cc1. The average molecular weight is 224 g/mol. The number of rotatable bonds is 4. The fourth-order valence-corrected chi connectivity index (χ4v) is 1.46. The Labute approximate surface area is 94.2 Å². The molecule has 16 heavy (non-hydrogen) atoms. The highest BCUT2D eigenvalue weighted by atomic mass is 16.5. The maximum Gasteiger partial charge on any atom is 0.405 e.